The first kappa shape index (κ1) is 22.3. The van der Waals surface area contributed by atoms with Gasteiger partial charge in [0.05, 0.1) is 26.2 Å². The lowest BCUT2D eigenvalue weighted by molar-refractivity contribution is -0.125. The van der Waals surface area contributed by atoms with E-state index in [0.29, 0.717) is 5.92 Å². The first-order chi connectivity index (χ1) is 15.5. The Labute approximate surface area is 191 Å². The highest BCUT2D eigenvalue weighted by molar-refractivity contribution is 5.82. The number of methoxy groups -OCH3 is 2. The molecule has 2 atom stereocenters. The number of hydrogen-bond acceptors (Lipinski definition) is 5. The molecule has 2 heterocycles. The Hall–Kier alpha value is -2.89. The van der Waals surface area contributed by atoms with Crippen molar-refractivity contribution in [2.75, 3.05) is 50.2 Å². The van der Waals surface area contributed by atoms with E-state index in [2.05, 4.69) is 53.2 Å². The number of carbonyl (C=O) groups excluding carboxylic acids is 1. The van der Waals surface area contributed by atoms with E-state index in [1.54, 1.807) is 14.2 Å². The first-order valence-electron chi connectivity index (χ1n) is 11.6. The van der Waals surface area contributed by atoms with Crippen LogP contribution in [-0.2, 0) is 11.2 Å². The second-order valence-electron chi connectivity index (χ2n) is 9.18. The Kier molecular flexibility index (Phi) is 6.77. The Balaban J connectivity index is 1.59. The molecule has 0 saturated carbocycles. The number of amides is 1. The van der Waals surface area contributed by atoms with E-state index >= 15 is 0 Å². The topological polar surface area (TPSA) is 54.0 Å². The molecule has 0 unspecified atom stereocenters. The van der Waals surface area contributed by atoms with Gasteiger partial charge in [-0.3, -0.25) is 4.79 Å². The Morgan fingerprint density at radius 3 is 2.47 bits per heavy atom. The molecule has 1 N–H and O–H groups in total. The lowest BCUT2D eigenvalue weighted by Gasteiger charge is -2.49. The predicted octanol–water partition coefficient (Wildman–Crippen LogP) is 3.73. The van der Waals surface area contributed by atoms with Crippen molar-refractivity contribution in [3.05, 3.63) is 48.0 Å². The quantitative estimate of drug-likeness (QED) is 0.715. The summed E-state index contributed by atoms with van der Waals surface area (Å²) in [4.78, 5) is 18.1. The number of nitrogens with zero attached hydrogens (tertiary/aromatic N) is 2. The van der Waals surface area contributed by atoms with Crippen LogP contribution in [0.2, 0.25) is 0 Å². The molecule has 2 aromatic carbocycles. The van der Waals surface area contributed by atoms with Gasteiger partial charge >= 0.3 is 0 Å². The van der Waals surface area contributed by atoms with Gasteiger partial charge in [-0.2, -0.15) is 0 Å². The van der Waals surface area contributed by atoms with Crippen LogP contribution in [0.1, 0.15) is 25.8 Å². The smallest absolute Gasteiger partial charge is 0.225 e. The van der Waals surface area contributed by atoms with Gasteiger partial charge in [0.15, 0.2) is 0 Å². The largest absolute Gasteiger partial charge is 0.497 e. The minimum Gasteiger partial charge on any atom is -0.497 e. The fourth-order valence-electron chi connectivity index (χ4n) is 4.85. The third-order valence-electron chi connectivity index (χ3n) is 6.72. The van der Waals surface area contributed by atoms with Crippen LogP contribution in [0.5, 0.6) is 11.5 Å². The number of rotatable bonds is 7. The number of benzene rings is 2. The molecule has 6 nitrogen and oxygen atoms in total. The highest BCUT2D eigenvalue weighted by Crippen LogP contribution is 2.39. The van der Waals surface area contributed by atoms with Crippen LogP contribution >= 0.6 is 0 Å². The Morgan fingerprint density at radius 2 is 1.78 bits per heavy atom. The number of carbonyl (C=O) groups is 1. The average molecular weight is 438 g/mol. The number of fused-ring (bicyclic) bond motifs is 3. The molecular weight excluding hydrogens is 402 g/mol. The van der Waals surface area contributed by atoms with Gasteiger partial charge in [-0.15, -0.1) is 0 Å². The number of piperazine rings is 1. The molecule has 2 aliphatic rings. The molecule has 32 heavy (non-hydrogen) atoms. The Morgan fingerprint density at radius 1 is 1.06 bits per heavy atom. The highest BCUT2D eigenvalue weighted by Gasteiger charge is 2.41. The van der Waals surface area contributed by atoms with Crippen molar-refractivity contribution in [1.29, 1.82) is 0 Å². The summed E-state index contributed by atoms with van der Waals surface area (Å²) in [5.74, 6) is 2.38. The van der Waals surface area contributed by atoms with E-state index in [9.17, 15) is 4.79 Å². The fraction of sp³-hybridized carbons (Fsp3) is 0.500. The maximum absolute atomic E-state index is 13.3. The number of anilines is 2. The average Bonchev–Trinajstić information content (AvgIpc) is 2.82. The summed E-state index contributed by atoms with van der Waals surface area (Å²) in [5, 5.41) is 3.21. The lowest BCUT2D eigenvalue weighted by atomic mass is 9.83. The summed E-state index contributed by atoms with van der Waals surface area (Å²) in [5.41, 5.74) is 3.60. The minimum absolute atomic E-state index is 0.0795. The number of hydrogen-bond donors (Lipinski definition) is 1. The van der Waals surface area contributed by atoms with E-state index in [4.69, 9.17) is 9.47 Å². The minimum atomic E-state index is -0.0795. The van der Waals surface area contributed by atoms with Gasteiger partial charge in [0, 0.05) is 43.6 Å². The monoisotopic (exact) mass is 437 g/mol. The van der Waals surface area contributed by atoms with Crippen molar-refractivity contribution in [2.45, 2.75) is 32.7 Å². The zero-order chi connectivity index (χ0) is 22.7. The summed E-state index contributed by atoms with van der Waals surface area (Å²) in [6.45, 7) is 7.69. The van der Waals surface area contributed by atoms with Crippen LogP contribution in [0, 0.1) is 11.8 Å². The maximum atomic E-state index is 13.3. The van der Waals surface area contributed by atoms with Crippen LogP contribution in [0.3, 0.4) is 0 Å². The molecule has 2 aliphatic heterocycles. The van der Waals surface area contributed by atoms with Crippen molar-refractivity contribution < 1.29 is 14.3 Å². The van der Waals surface area contributed by atoms with Gasteiger partial charge in [0.1, 0.15) is 11.5 Å². The second kappa shape index (κ2) is 9.72. The molecule has 172 valence electrons. The molecule has 0 aliphatic carbocycles. The van der Waals surface area contributed by atoms with Crippen LogP contribution in [0.4, 0.5) is 11.4 Å². The van der Waals surface area contributed by atoms with Crippen molar-refractivity contribution in [3.63, 3.8) is 0 Å². The SMILES string of the molecule is COc1ccc(N2CCN3c4cc(OC)ccc4C[C@@H](C(=O)NCCC(C)C)[C@@H]3C2)cc1. The van der Waals surface area contributed by atoms with Crippen molar-refractivity contribution in [2.24, 2.45) is 11.8 Å². The van der Waals surface area contributed by atoms with Gasteiger partial charge in [-0.1, -0.05) is 19.9 Å². The van der Waals surface area contributed by atoms with Gasteiger partial charge in [0.25, 0.3) is 0 Å². The summed E-state index contributed by atoms with van der Waals surface area (Å²) in [6, 6.07) is 14.6. The van der Waals surface area contributed by atoms with Gasteiger partial charge < -0.3 is 24.6 Å². The molecule has 0 radical (unpaired) electrons. The lowest BCUT2D eigenvalue weighted by Crippen LogP contribution is -2.61. The molecule has 1 fully saturated rings. The van der Waals surface area contributed by atoms with E-state index in [-0.39, 0.29) is 17.9 Å². The van der Waals surface area contributed by atoms with Gasteiger partial charge in [-0.05, 0) is 54.7 Å². The van der Waals surface area contributed by atoms with E-state index in [1.165, 1.54) is 16.9 Å². The van der Waals surface area contributed by atoms with E-state index < -0.39 is 0 Å². The maximum Gasteiger partial charge on any atom is 0.225 e. The fourth-order valence-corrected chi connectivity index (χ4v) is 4.85. The second-order valence-corrected chi connectivity index (χ2v) is 9.18. The standard InChI is InChI=1S/C26H35N3O3/c1-18(2)11-12-27-26(30)23-15-19-5-8-22(32-4)16-24(19)29-14-13-28(17-25(23)29)20-6-9-21(31-3)10-7-20/h5-10,16,18,23,25H,11-15,17H2,1-4H3,(H,27,30)/t23-,25+/m1/s1. The number of ether oxygens (including phenoxy) is 2. The summed E-state index contributed by atoms with van der Waals surface area (Å²) < 4.78 is 10.8. The summed E-state index contributed by atoms with van der Waals surface area (Å²) in [7, 11) is 3.39. The normalized spacial score (nSPS) is 19.9. The summed E-state index contributed by atoms with van der Waals surface area (Å²) >= 11 is 0. The summed E-state index contributed by atoms with van der Waals surface area (Å²) in [6.07, 6.45) is 1.75. The Bertz CT molecular complexity index is 928. The molecule has 1 saturated heterocycles. The van der Waals surface area contributed by atoms with E-state index in [0.717, 1.165) is 50.5 Å². The van der Waals surface area contributed by atoms with Crippen LogP contribution < -0.4 is 24.6 Å². The van der Waals surface area contributed by atoms with Gasteiger partial charge in [0.2, 0.25) is 5.91 Å². The van der Waals surface area contributed by atoms with Crippen molar-refractivity contribution in [1.82, 2.24) is 5.32 Å². The highest BCUT2D eigenvalue weighted by atomic mass is 16.5. The van der Waals surface area contributed by atoms with E-state index in [1.807, 2.05) is 18.2 Å². The van der Waals surface area contributed by atoms with Crippen LogP contribution in [-0.4, -0.2) is 52.3 Å². The molecule has 0 bridgehead atoms. The zero-order valence-corrected chi connectivity index (χ0v) is 19.6. The molecular formula is C26H35N3O3. The zero-order valence-electron chi connectivity index (χ0n) is 19.6. The molecule has 0 aromatic heterocycles. The third-order valence-corrected chi connectivity index (χ3v) is 6.72. The third kappa shape index (κ3) is 4.64. The molecule has 0 spiro atoms. The number of nitrogens with one attached hydrogen (secondary N) is 1. The van der Waals surface area contributed by atoms with Crippen molar-refractivity contribution in [3.8, 4) is 11.5 Å². The predicted molar refractivity (Wildman–Crippen MR) is 129 cm³/mol. The van der Waals surface area contributed by atoms with Crippen LogP contribution in [0.25, 0.3) is 0 Å². The molecule has 6 heteroatoms. The van der Waals surface area contributed by atoms with Gasteiger partial charge in [-0.25, -0.2) is 0 Å². The van der Waals surface area contributed by atoms with Crippen LogP contribution in [0.15, 0.2) is 42.5 Å². The molecule has 4 rings (SSSR count). The first-order valence-corrected chi connectivity index (χ1v) is 11.6. The van der Waals surface area contributed by atoms with Crippen molar-refractivity contribution >= 4 is 17.3 Å². The molecule has 1 amide bonds. The molecule has 2 aromatic rings.